The van der Waals surface area contributed by atoms with Gasteiger partial charge in [-0.25, -0.2) is 4.79 Å². The third-order valence-electron chi connectivity index (χ3n) is 4.30. The maximum absolute atomic E-state index is 12.6. The number of ether oxygens (including phenoxy) is 3. The number of carbonyl (C=O) groups excluding carboxylic acids is 1. The maximum atomic E-state index is 12.6. The second kappa shape index (κ2) is 8.15. The minimum atomic E-state index is -0.630. The van der Waals surface area contributed by atoms with Crippen molar-refractivity contribution in [3.05, 3.63) is 65.7 Å². The van der Waals surface area contributed by atoms with Gasteiger partial charge in [-0.3, -0.25) is 0 Å². The molecule has 8 heteroatoms. The van der Waals surface area contributed by atoms with Crippen LogP contribution >= 0.6 is 0 Å². The number of para-hydroxylation sites is 1. The molecule has 0 atom stereocenters. The highest BCUT2D eigenvalue weighted by Gasteiger charge is 2.22. The number of nitrogens with zero attached hydrogens (tertiary/aromatic N) is 2. The van der Waals surface area contributed by atoms with E-state index in [4.69, 9.17) is 23.2 Å². The van der Waals surface area contributed by atoms with Crippen LogP contribution in [0.3, 0.4) is 0 Å². The molecule has 0 N–H and O–H groups in total. The van der Waals surface area contributed by atoms with Gasteiger partial charge >= 0.3 is 5.97 Å². The fraction of sp³-hybridized carbons (Fsp3) is 0.190. The molecule has 29 heavy (non-hydrogen) atoms. The molecule has 8 nitrogen and oxygen atoms in total. The molecule has 0 aliphatic rings. The van der Waals surface area contributed by atoms with Crippen molar-refractivity contribution in [3.63, 3.8) is 0 Å². The van der Waals surface area contributed by atoms with E-state index in [0.29, 0.717) is 22.7 Å². The van der Waals surface area contributed by atoms with Crippen molar-refractivity contribution in [1.82, 2.24) is 10.1 Å². The Bertz CT molecular complexity index is 1150. The van der Waals surface area contributed by atoms with E-state index in [1.165, 1.54) is 0 Å². The van der Waals surface area contributed by atoms with E-state index in [1.54, 1.807) is 26.4 Å². The van der Waals surface area contributed by atoms with E-state index in [-0.39, 0.29) is 24.9 Å². The number of aromatic nitrogens is 2. The number of fused-ring (bicyclic) bond motifs is 1. The van der Waals surface area contributed by atoms with Crippen molar-refractivity contribution in [3.8, 4) is 17.1 Å². The molecular formula is C21H18N2O6. The van der Waals surface area contributed by atoms with Gasteiger partial charge in [-0.2, -0.15) is 4.98 Å². The lowest BCUT2D eigenvalue weighted by Crippen LogP contribution is -2.07. The molecule has 4 aromatic rings. The Morgan fingerprint density at radius 1 is 1.07 bits per heavy atom. The Hall–Kier alpha value is -3.65. The highest BCUT2D eigenvalue weighted by Crippen LogP contribution is 2.27. The van der Waals surface area contributed by atoms with Gasteiger partial charge in [0.2, 0.25) is 11.6 Å². The summed E-state index contributed by atoms with van der Waals surface area (Å²) in [6.45, 7) is 0.0429. The van der Waals surface area contributed by atoms with Crippen molar-refractivity contribution in [2.75, 3.05) is 14.2 Å². The van der Waals surface area contributed by atoms with Crippen LogP contribution in [0.25, 0.3) is 22.4 Å². The van der Waals surface area contributed by atoms with E-state index in [0.717, 1.165) is 10.9 Å². The van der Waals surface area contributed by atoms with Gasteiger partial charge < -0.3 is 23.2 Å². The molecule has 2 aromatic heterocycles. The van der Waals surface area contributed by atoms with Gasteiger partial charge in [-0.15, -0.1) is 0 Å². The average Bonchev–Trinajstić information content (AvgIpc) is 3.38. The maximum Gasteiger partial charge on any atom is 0.375 e. The van der Waals surface area contributed by atoms with Gasteiger partial charge in [0.05, 0.1) is 13.7 Å². The molecule has 0 spiro atoms. The van der Waals surface area contributed by atoms with Gasteiger partial charge in [0.1, 0.15) is 11.3 Å². The summed E-state index contributed by atoms with van der Waals surface area (Å²) in [7, 11) is 3.13. The van der Waals surface area contributed by atoms with E-state index >= 15 is 0 Å². The van der Waals surface area contributed by atoms with Gasteiger partial charge in [0, 0.05) is 23.6 Å². The lowest BCUT2D eigenvalue weighted by Gasteiger charge is -2.02. The van der Waals surface area contributed by atoms with Crippen LogP contribution in [-0.2, 0) is 22.7 Å². The Balaban J connectivity index is 1.50. The fourth-order valence-corrected chi connectivity index (χ4v) is 2.94. The van der Waals surface area contributed by atoms with E-state index < -0.39 is 5.97 Å². The zero-order valence-electron chi connectivity index (χ0n) is 15.9. The minimum Gasteiger partial charge on any atom is -0.497 e. The molecule has 2 heterocycles. The lowest BCUT2D eigenvalue weighted by atomic mass is 10.1. The molecule has 0 saturated carbocycles. The molecule has 0 bridgehead atoms. The van der Waals surface area contributed by atoms with Crippen LogP contribution in [0.5, 0.6) is 5.75 Å². The van der Waals surface area contributed by atoms with Crippen molar-refractivity contribution in [1.29, 1.82) is 0 Å². The summed E-state index contributed by atoms with van der Waals surface area (Å²) in [5, 5.41) is 4.72. The number of benzene rings is 2. The SMILES string of the molecule is COCc1c(C(=O)OCc2nc(-c3cccc(OC)c3)no2)oc2ccccc12. The second-order valence-electron chi connectivity index (χ2n) is 6.16. The van der Waals surface area contributed by atoms with Gasteiger partial charge in [-0.05, 0) is 18.2 Å². The van der Waals surface area contributed by atoms with Gasteiger partial charge in [0.15, 0.2) is 6.61 Å². The summed E-state index contributed by atoms with van der Waals surface area (Å²) < 4.78 is 26.6. The van der Waals surface area contributed by atoms with Crippen molar-refractivity contribution < 1.29 is 27.9 Å². The van der Waals surface area contributed by atoms with E-state index in [9.17, 15) is 4.79 Å². The molecule has 148 valence electrons. The molecule has 0 saturated heterocycles. The molecule has 2 aromatic carbocycles. The Labute approximate surface area is 166 Å². The lowest BCUT2D eigenvalue weighted by molar-refractivity contribution is 0.0390. The van der Waals surface area contributed by atoms with Crippen LogP contribution in [0, 0.1) is 0 Å². The second-order valence-corrected chi connectivity index (χ2v) is 6.16. The number of hydrogen-bond donors (Lipinski definition) is 0. The number of furan rings is 1. The summed E-state index contributed by atoms with van der Waals surface area (Å²) >= 11 is 0. The Kier molecular flexibility index (Phi) is 5.26. The van der Waals surface area contributed by atoms with Crippen molar-refractivity contribution >= 4 is 16.9 Å². The van der Waals surface area contributed by atoms with Crippen LogP contribution in [0.4, 0.5) is 0 Å². The first-order valence-electron chi connectivity index (χ1n) is 8.83. The molecule has 0 fully saturated rings. The molecule has 4 rings (SSSR count). The van der Waals surface area contributed by atoms with E-state index in [2.05, 4.69) is 10.1 Å². The molecule has 0 radical (unpaired) electrons. The topological polar surface area (TPSA) is 96.8 Å². The number of esters is 1. The third kappa shape index (κ3) is 3.83. The van der Waals surface area contributed by atoms with Crippen LogP contribution in [-0.4, -0.2) is 30.3 Å². The first kappa shape index (κ1) is 18.7. The predicted octanol–water partition coefficient (Wildman–Crippen LogP) is 3.99. The Morgan fingerprint density at radius 3 is 2.76 bits per heavy atom. The molecule has 0 aliphatic heterocycles. The summed E-state index contributed by atoms with van der Waals surface area (Å²) in [5.74, 6) is 0.685. The van der Waals surface area contributed by atoms with Crippen LogP contribution in [0.15, 0.2) is 57.5 Å². The Morgan fingerprint density at radius 2 is 1.93 bits per heavy atom. The van der Waals surface area contributed by atoms with Gasteiger partial charge in [-0.1, -0.05) is 35.5 Å². The largest absolute Gasteiger partial charge is 0.497 e. The number of rotatable bonds is 7. The summed E-state index contributed by atoms with van der Waals surface area (Å²) in [5.41, 5.74) is 1.95. The quantitative estimate of drug-likeness (QED) is 0.434. The third-order valence-corrected chi connectivity index (χ3v) is 4.30. The minimum absolute atomic E-state index is 0.0978. The first-order valence-corrected chi connectivity index (χ1v) is 8.83. The first-order chi connectivity index (χ1) is 14.2. The number of carbonyl (C=O) groups is 1. The number of hydrogen-bond acceptors (Lipinski definition) is 8. The van der Waals surface area contributed by atoms with Crippen molar-refractivity contribution in [2.45, 2.75) is 13.2 Å². The summed E-state index contributed by atoms with van der Waals surface area (Å²) in [4.78, 5) is 16.8. The zero-order chi connectivity index (χ0) is 20.2. The standard InChI is InChI=1S/C21H18N2O6/c1-25-11-16-15-8-3-4-9-17(15)28-19(16)21(24)27-12-18-22-20(23-29-18)13-6-5-7-14(10-13)26-2/h3-10H,11-12H2,1-2H3. The monoisotopic (exact) mass is 394 g/mol. The number of methoxy groups -OCH3 is 2. The fourth-order valence-electron chi connectivity index (χ4n) is 2.94. The molecule has 0 aliphatic carbocycles. The molecular weight excluding hydrogens is 376 g/mol. The van der Waals surface area contributed by atoms with Gasteiger partial charge in [0.25, 0.3) is 5.89 Å². The molecule has 0 unspecified atom stereocenters. The molecule has 0 amide bonds. The van der Waals surface area contributed by atoms with Crippen LogP contribution < -0.4 is 4.74 Å². The highest BCUT2D eigenvalue weighted by atomic mass is 16.6. The smallest absolute Gasteiger partial charge is 0.375 e. The normalized spacial score (nSPS) is 11.0. The average molecular weight is 394 g/mol. The summed E-state index contributed by atoms with van der Waals surface area (Å²) in [6, 6.07) is 14.6. The highest BCUT2D eigenvalue weighted by molar-refractivity contribution is 5.96. The van der Waals surface area contributed by atoms with Crippen molar-refractivity contribution in [2.24, 2.45) is 0 Å². The van der Waals surface area contributed by atoms with Crippen LogP contribution in [0.2, 0.25) is 0 Å². The summed E-state index contributed by atoms with van der Waals surface area (Å²) in [6.07, 6.45) is 0. The van der Waals surface area contributed by atoms with E-state index in [1.807, 2.05) is 36.4 Å². The zero-order valence-corrected chi connectivity index (χ0v) is 15.9. The van der Waals surface area contributed by atoms with Crippen LogP contribution in [0.1, 0.15) is 22.0 Å². The predicted molar refractivity (Wildman–Crippen MR) is 102 cm³/mol.